The van der Waals surface area contributed by atoms with Crippen LogP contribution in [-0.4, -0.2) is 47.6 Å². The largest absolute Gasteiger partial charge is 0.378 e. The molecule has 2 rings (SSSR count). The average molecular weight is 282 g/mol. The summed E-state index contributed by atoms with van der Waals surface area (Å²) < 4.78 is 5.23. The zero-order valence-corrected chi connectivity index (χ0v) is 12.6. The van der Waals surface area contributed by atoms with Crippen LogP contribution in [0.4, 0.5) is 0 Å². The Morgan fingerprint density at radius 1 is 1.37 bits per heavy atom. The fourth-order valence-corrected chi connectivity index (χ4v) is 3.57. The maximum absolute atomic E-state index is 12.3. The van der Waals surface area contributed by atoms with Crippen LogP contribution in [0.25, 0.3) is 0 Å². The Morgan fingerprint density at radius 3 is 2.37 bits per heavy atom. The van der Waals surface area contributed by atoms with Crippen LogP contribution in [0, 0.1) is 11.3 Å². The first-order valence-electron chi connectivity index (χ1n) is 6.88. The number of thioether (sulfide) groups is 1. The van der Waals surface area contributed by atoms with Gasteiger partial charge in [0, 0.05) is 20.2 Å². The first kappa shape index (κ1) is 14.7. The molecule has 5 heteroatoms. The normalized spacial score (nSPS) is 24.4. The molecule has 19 heavy (non-hydrogen) atoms. The summed E-state index contributed by atoms with van der Waals surface area (Å²) in [6, 6.07) is 2.41. The Kier molecular flexibility index (Phi) is 4.42. The molecule has 0 radical (unpaired) electrons. The second kappa shape index (κ2) is 5.72. The molecule has 0 aromatic heterocycles. The Labute approximate surface area is 119 Å². The lowest BCUT2D eigenvalue weighted by Gasteiger charge is -2.42. The van der Waals surface area contributed by atoms with Crippen LogP contribution in [0.5, 0.6) is 0 Å². The lowest BCUT2D eigenvalue weighted by molar-refractivity contribution is -0.145. The van der Waals surface area contributed by atoms with Crippen LogP contribution in [0.15, 0.2) is 0 Å². The summed E-state index contributed by atoms with van der Waals surface area (Å²) in [5, 5.41) is 9.24. The predicted molar refractivity (Wildman–Crippen MR) is 75.9 cm³/mol. The molecule has 1 aliphatic heterocycles. The molecular formula is C14H22N2O2S. The van der Waals surface area contributed by atoms with Gasteiger partial charge in [-0.3, -0.25) is 4.79 Å². The van der Waals surface area contributed by atoms with E-state index in [1.807, 2.05) is 11.2 Å². The monoisotopic (exact) mass is 282 g/mol. The van der Waals surface area contributed by atoms with Gasteiger partial charge in [0.25, 0.3) is 0 Å². The second-order valence-electron chi connectivity index (χ2n) is 5.61. The van der Waals surface area contributed by atoms with E-state index in [-0.39, 0.29) is 16.3 Å². The standard InChI is InChI=1S/C14H22N2O2S/c1-18-13(4-3-5-13)10-12(17)16-8-6-14(11-15,19-2)7-9-16/h3-10H2,1-2H3. The molecule has 0 spiro atoms. The summed E-state index contributed by atoms with van der Waals surface area (Å²) in [5.74, 6) is 0.189. The lowest BCUT2D eigenvalue weighted by Crippen LogP contribution is -2.49. The number of amides is 1. The van der Waals surface area contributed by atoms with Crippen LogP contribution in [0.1, 0.15) is 38.5 Å². The summed E-state index contributed by atoms with van der Waals surface area (Å²) in [4.78, 5) is 14.2. The van der Waals surface area contributed by atoms with Crippen LogP contribution >= 0.6 is 11.8 Å². The quantitative estimate of drug-likeness (QED) is 0.793. The van der Waals surface area contributed by atoms with Gasteiger partial charge in [0.1, 0.15) is 4.75 Å². The highest BCUT2D eigenvalue weighted by molar-refractivity contribution is 8.00. The van der Waals surface area contributed by atoms with E-state index in [2.05, 4.69) is 6.07 Å². The third kappa shape index (κ3) is 2.90. The van der Waals surface area contributed by atoms with Crippen molar-refractivity contribution in [1.29, 1.82) is 5.26 Å². The van der Waals surface area contributed by atoms with Gasteiger partial charge in [-0.1, -0.05) is 0 Å². The molecule has 1 heterocycles. The minimum Gasteiger partial charge on any atom is -0.378 e. The number of carbonyl (C=O) groups excluding carboxylic acids is 1. The van der Waals surface area contributed by atoms with Gasteiger partial charge in [0.2, 0.25) is 5.91 Å². The van der Waals surface area contributed by atoms with Crippen LogP contribution in [-0.2, 0) is 9.53 Å². The van der Waals surface area contributed by atoms with E-state index < -0.39 is 0 Å². The number of rotatable bonds is 4. The van der Waals surface area contributed by atoms with E-state index in [4.69, 9.17) is 4.74 Å². The van der Waals surface area contributed by atoms with Gasteiger partial charge in [0.05, 0.1) is 18.1 Å². The molecule has 0 bridgehead atoms. The molecule has 1 aliphatic carbocycles. The van der Waals surface area contributed by atoms with Crippen LogP contribution in [0.3, 0.4) is 0 Å². The van der Waals surface area contributed by atoms with Crippen molar-refractivity contribution in [2.24, 2.45) is 0 Å². The molecule has 1 amide bonds. The number of piperidine rings is 1. The van der Waals surface area contributed by atoms with E-state index >= 15 is 0 Å². The van der Waals surface area contributed by atoms with Crippen molar-refractivity contribution in [3.8, 4) is 6.07 Å². The molecule has 0 aromatic carbocycles. The molecule has 2 fully saturated rings. The van der Waals surface area contributed by atoms with E-state index in [0.717, 1.165) is 32.1 Å². The van der Waals surface area contributed by atoms with Crippen molar-refractivity contribution in [3.05, 3.63) is 0 Å². The van der Waals surface area contributed by atoms with E-state index in [1.165, 1.54) is 0 Å². The number of hydrogen-bond acceptors (Lipinski definition) is 4. The van der Waals surface area contributed by atoms with Crippen LogP contribution in [0.2, 0.25) is 0 Å². The first-order valence-corrected chi connectivity index (χ1v) is 8.10. The molecule has 0 N–H and O–H groups in total. The van der Waals surface area contributed by atoms with Gasteiger partial charge in [-0.2, -0.15) is 5.26 Å². The molecular weight excluding hydrogens is 260 g/mol. The van der Waals surface area contributed by atoms with Crippen molar-refractivity contribution in [1.82, 2.24) is 4.90 Å². The third-order valence-electron chi connectivity index (χ3n) is 4.69. The van der Waals surface area contributed by atoms with Crippen molar-refractivity contribution < 1.29 is 9.53 Å². The van der Waals surface area contributed by atoms with Crippen molar-refractivity contribution in [3.63, 3.8) is 0 Å². The Hall–Kier alpha value is -0.730. The maximum Gasteiger partial charge on any atom is 0.225 e. The molecule has 2 aliphatic rings. The maximum atomic E-state index is 12.3. The summed E-state index contributed by atoms with van der Waals surface area (Å²) >= 11 is 1.62. The molecule has 0 atom stereocenters. The van der Waals surface area contributed by atoms with Gasteiger partial charge in [-0.15, -0.1) is 11.8 Å². The second-order valence-corrected chi connectivity index (χ2v) is 6.80. The Morgan fingerprint density at radius 2 is 2.00 bits per heavy atom. The van der Waals surface area contributed by atoms with Crippen molar-refractivity contribution in [2.75, 3.05) is 26.5 Å². The molecule has 0 unspecified atom stereocenters. The average Bonchev–Trinajstić information content (AvgIpc) is 2.42. The highest BCUT2D eigenvalue weighted by Gasteiger charge is 2.42. The molecule has 0 aromatic rings. The summed E-state index contributed by atoms with van der Waals surface area (Å²) in [6.45, 7) is 1.40. The fourth-order valence-electron chi connectivity index (χ4n) is 2.89. The highest BCUT2D eigenvalue weighted by atomic mass is 32.2. The Balaban J connectivity index is 1.88. The van der Waals surface area contributed by atoms with Crippen molar-refractivity contribution >= 4 is 17.7 Å². The number of nitrogens with zero attached hydrogens (tertiary/aromatic N) is 2. The number of nitriles is 1. The topological polar surface area (TPSA) is 53.3 Å². The summed E-state index contributed by atoms with van der Waals surface area (Å²) in [7, 11) is 1.71. The zero-order chi connectivity index (χ0) is 13.9. The molecule has 4 nitrogen and oxygen atoms in total. The van der Waals surface area contributed by atoms with Gasteiger partial charge < -0.3 is 9.64 Å². The predicted octanol–water partition coefficient (Wildman–Crippen LogP) is 2.19. The molecule has 1 saturated heterocycles. The third-order valence-corrected chi connectivity index (χ3v) is 5.97. The zero-order valence-electron chi connectivity index (χ0n) is 11.8. The number of likely N-dealkylation sites (tertiary alicyclic amines) is 1. The number of ether oxygens (including phenoxy) is 1. The minimum absolute atomic E-state index is 0.189. The first-order chi connectivity index (χ1) is 9.09. The van der Waals surface area contributed by atoms with Gasteiger partial charge in [-0.05, 0) is 38.4 Å². The summed E-state index contributed by atoms with van der Waals surface area (Å²) in [6.07, 6.45) is 7.18. The van der Waals surface area contributed by atoms with E-state index in [9.17, 15) is 10.1 Å². The number of carbonyl (C=O) groups is 1. The molecule has 106 valence electrons. The van der Waals surface area contributed by atoms with E-state index in [1.54, 1.807) is 18.9 Å². The smallest absolute Gasteiger partial charge is 0.225 e. The highest BCUT2D eigenvalue weighted by Crippen LogP contribution is 2.39. The van der Waals surface area contributed by atoms with Gasteiger partial charge in [-0.25, -0.2) is 0 Å². The van der Waals surface area contributed by atoms with E-state index in [0.29, 0.717) is 19.5 Å². The minimum atomic E-state index is -0.286. The van der Waals surface area contributed by atoms with Crippen molar-refractivity contribution in [2.45, 2.75) is 48.9 Å². The summed E-state index contributed by atoms with van der Waals surface area (Å²) in [5.41, 5.74) is -0.194. The number of methoxy groups -OCH3 is 1. The Bertz CT molecular complexity index is 374. The number of hydrogen-bond donors (Lipinski definition) is 0. The molecule has 1 saturated carbocycles. The fraction of sp³-hybridized carbons (Fsp3) is 0.857. The van der Waals surface area contributed by atoms with Gasteiger partial charge in [0.15, 0.2) is 0 Å². The lowest BCUT2D eigenvalue weighted by atomic mass is 9.77. The van der Waals surface area contributed by atoms with Crippen LogP contribution < -0.4 is 0 Å². The SMILES string of the molecule is COC1(CC(=O)N2CCC(C#N)(SC)CC2)CCC1. The van der Waals surface area contributed by atoms with Gasteiger partial charge >= 0.3 is 0 Å².